The number of nitrogens with zero attached hydrogens (tertiary/aromatic N) is 2. The average Bonchev–Trinajstić information content (AvgIpc) is 3.17. The normalized spacial score (nSPS) is 22.9. The number of hydrogen-bond donors (Lipinski definition) is 1. The molecule has 2 amide bonds. The number of benzene rings is 2. The molecule has 0 unspecified atom stereocenters. The molecule has 0 spiro atoms. The van der Waals surface area contributed by atoms with Crippen molar-refractivity contribution in [1.82, 2.24) is 15.1 Å². The standard InChI is InChI=1S/C26H33N3O3/c1-18-8-10-19(11-9-18)12-20-6-4-5-7-24(20)26(31)27-21-13-22-17-32-23(16-29(22)15-21)14-25(30)28(2)3/h4-11,21-23H,12-17H2,1-3H3,(H,27,31)/t21-,22+,23+/m1/s1. The van der Waals surface area contributed by atoms with Crippen LogP contribution in [0.15, 0.2) is 48.5 Å². The molecule has 32 heavy (non-hydrogen) atoms. The number of fused-ring (bicyclic) bond motifs is 1. The molecule has 2 aromatic carbocycles. The Balaban J connectivity index is 1.36. The van der Waals surface area contributed by atoms with Crippen molar-refractivity contribution in [1.29, 1.82) is 0 Å². The van der Waals surface area contributed by atoms with E-state index in [2.05, 4.69) is 41.4 Å². The van der Waals surface area contributed by atoms with Gasteiger partial charge in [0.25, 0.3) is 5.91 Å². The number of carbonyl (C=O) groups excluding carboxylic acids is 2. The lowest BCUT2D eigenvalue weighted by Crippen LogP contribution is -2.47. The average molecular weight is 436 g/mol. The van der Waals surface area contributed by atoms with Gasteiger partial charge in [0.1, 0.15) is 0 Å². The van der Waals surface area contributed by atoms with Gasteiger partial charge in [-0.3, -0.25) is 14.5 Å². The van der Waals surface area contributed by atoms with Gasteiger partial charge in [0, 0.05) is 44.8 Å². The second-order valence-corrected chi connectivity index (χ2v) is 9.28. The second kappa shape index (κ2) is 9.84. The molecule has 2 saturated heterocycles. The van der Waals surface area contributed by atoms with Crippen molar-refractivity contribution >= 4 is 11.8 Å². The van der Waals surface area contributed by atoms with Crippen LogP contribution in [0.5, 0.6) is 0 Å². The van der Waals surface area contributed by atoms with Gasteiger partial charge in [-0.2, -0.15) is 0 Å². The smallest absolute Gasteiger partial charge is 0.251 e. The fraction of sp³-hybridized carbons (Fsp3) is 0.462. The highest BCUT2D eigenvalue weighted by Crippen LogP contribution is 2.25. The summed E-state index contributed by atoms with van der Waals surface area (Å²) >= 11 is 0. The zero-order chi connectivity index (χ0) is 22.7. The minimum Gasteiger partial charge on any atom is -0.375 e. The van der Waals surface area contributed by atoms with Gasteiger partial charge in [-0.15, -0.1) is 0 Å². The van der Waals surface area contributed by atoms with E-state index < -0.39 is 0 Å². The van der Waals surface area contributed by atoms with Crippen LogP contribution in [0.4, 0.5) is 0 Å². The molecule has 2 aliphatic heterocycles. The van der Waals surface area contributed by atoms with Crippen LogP contribution in [0.3, 0.4) is 0 Å². The Morgan fingerprint density at radius 1 is 1.09 bits per heavy atom. The van der Waals surface area contributed by atoms with E-state index in [1.165, 1.54) is 11.1 Å². The van der Waals surface area contributed by atoms with Gasteiger partial charge < -0.3 is 15.0 Å². The summed E-state index contributed by atoms with van der Waals surface area (Å²) in [6, 6.07) is 16.7. The van der Waals surface area contributed by atoms with Crippen LogP contribution in [-0.2, 0) is 16.0 Å². The van der Waals surface area contributed by atoms with Crippen molar-refractivity contribution in [2.45, 2.75) is 44.4 Å². The van der Waals surface area contributed by atoms with E-state index in [4.69, 9.17) is 4.74 Å². The zero-order valence-electron chi connectivity index (χ0n) is 19.2. The van der Waals surface area contributed by atoms with Gasteiger partial charge in [0.2, 0.25) is 5.91 Å². The molecule has 2 fully saturated rings. The molecule has 2 heterocycles. The summed E-state index contributed by atoms with van der Waals surface area (Å²) in [6.45, 7) is 4.22. The first-order valence-electron chi connectivity index (χ1n) is 11.4. The maximum atomic E-state index is 13.1. The van der Waals surface area contributed by atoms with Gasteiger partial charge in [-0.1, -0.05) is 48.0 Å². The van der Waals surface area contributed by atoms with Gasteiger partial charge in [-0.05, 0) is 37.0 Å². The summed E-state index contributed by atoms with van der Waals surface area (Å²) in [6.07, 6.45) is 1.93. The molecule has 0 radical (unpaired) electrons. The highest BCUT2D eigenvalue weighted by molar-refractivity contribution is 5.96. The van der Waals surface area contributed by atoms with Crippen molar-refractivity contribution in [3.8, 4) is 0 Å². The van der Waals surface area contributed by atoms with E-state index in [0.717, 1.165) is 37.1 Å². The monoisotopic (exact) mass is 435 g/mol. The van der Waals surface area contributed by atoms with E-state index in [1.807, 2.05) is 24.3 Å². The molecule has 0 aliphatic carbocycles. The Bertz CT molecular complexity index is 957. The quantitative estimate of drug-likeness (QED) is 0.758. The molecule has 2 aliphatic rings. The van der Waals surface area contributed by atoms with Crippen LogP contribution in [0, 0.1) is 6.92 Å². The van der Waals surface area contributed by atoms with Crippen LogP contribution in [-0.4, -0.2) is 73.6 Å². The van der Waals surface area contributed by atoms with E-state index in [-0.39, 0.29) is 24.0 Å². The first-order valence-corrected chi connectivity index (χ1v) is 11.4. The number of nitrogens with one attached hydrogen (secondary N) is 1. The molecule has 0 bridgehead atoms. The Morgan fingerprint density at radius 3 is 2.59 bits per heavy atom. The molecule has 1 N–H and O–H groups in total. The highest BCUT2D eigenvalue weighted by Gasteiger charge is 2.38. The summed E-state index contributed by atoms with van der Waals surface area (Å²) in [5, 5.41) is 3.25. The predicted octanol–water partition coefficient (Wildman–Crippen LogP) is 2.64. The number of morpholine rings is 1. The van der Waals surface area contributed by atoms with E-state index in [1.54, 1.807) is 19.0 Å². The SMILES string of the molecule is Cc1ccc(Cc2ccccc2C(=O)N[C@@H]2C[C@H]3CO[C@@H](CC(=O)N(C)C)CN3C2)cc1. The summed E-state index contributed by atoms with van der Waals surface area (Å²) in [4.78, 5) is 29.1. The minimum absolute atomic E-state index is 0.0159. The number of aryl methyl sites for hydroxylation is 1. The molecule has 4 rings (SSSR count). The lowest BCUT2D eigenvalue weighted by Gasteiger charge is -2.35. The van der Waals surface area contributed by atoms with Gasteiger partial charge in [-0.25, -0.2) is 0 Å². The number of hydrogen-bond acceptors (Lipinski definition) is 4. The minimum atomic E-state index is -0.0779. The third-order valence-corrected chi connectivity index (χ3v) is 6.50. The molecule has 6 nitrogen and oxygen atoms in total. The molecule has 3 atom stereocenters. The Morgan fingerprint density at radius 2 is 1.84 bits per heavy atom. The van der Waals surface area contributed by atoms with Gasteiger partial charge >= 0.3 is 0 Å². The first kappa shape index (κ1) is 22.5. The summed E-state index contributed by atoms with van der Waals surface area (Å²) in [5.74, 6) is 0.0699. The topological polar surface area (TPSA) is 61.9 Å². The highest BCUT2D eigenvalue weighted by atomic mass is 16.5. The zero-order valence-corrected chi connectivity index (χ0v) is 19.2. The number of carbonyl (C=O) groups is 2. The Labute approximate surface area is 190 Å². The molecular weight excluding hydrogens is 402 g/mol. The molecule has 6 heteroatoms. The molecule has 170 valence electrons. The summed E-state index contributed by atoms with van der Waals surface area (Å²) in [5.41, 5.74) is 4.21. The predicted molar refractivity (Wildman–Crippen MR) is 125 cm³/mol. The summed E-state index contributed by atoms with van der Waals surface area (Å²) in [7, 11) is 3.54. The molecular formula is C26H33N3O3. The molecule has 2 aromatic rings. The Hall–Kier alpha value is -2.70. The van der Waals surface area contributed by atoms with Crippen LogP contribution >= 0.6 is 0 Å². The lowest BCUT2D eigenvalue weighted by atomic mass is 9.98. The first-order chi connectivity index (χ1) is 15.4. The lowest BCUT2D eigenvalue weighted by molar-refractivity contribution is -0.134. The van der Waals surface area contributed by atoms with E-state index in [9.17, 15) is 9.59 Å². The van der Waals surface area contributed by atoms with Crippen LogP contribution < -0.4 is 5.32 Å². The van der Waals surface area contributed by atoms with E-state index in [0.29, 0.717) is 19.1 Å². The van der Waals surface area contributed by atoms with Crippen molar-refractivity contribution in [2.75, 3.05) is 33.8 Å². The number of rotatable bonds is 6. The molecule has 0 saturated carbocycles. The van der Waals surface area contributed by atoms with Crippen LogP contribution in [0.1, 0.15) is 39.9 Å². The summed E-state index contributed by atoms with van der Waals surface area (Å²) < 4.78 is 5.94. The second-order valence-electron chi connectivity index (χ2n) is 9.28. The van der Waals surface area contributed by atoms with Crippen molar-refractivity contribution in [3.63, 3.8) is 0 Å². The van der Waals surface area contributed by atoms with E-state index >= 15 is 0 Å². The number of ether oxygens (including phenoxy) is 1. The van der Waals surface area contributed by atoms with Crippen LogP contribution in [0.25, 0.3) is 0 Å². The van der Waals surface area contributed by atoms with Gasteiger partial charge in [0.15, 0.2) is 0 Å². The fourth-order valence-electron chi connectivity index (χ4n) is 4.63. The fourth-order valence-corrected chi connectivity index (χ4v) is 4.63. The Kier molecular flexibility index (Phi) is 6.92. The van der Waals surface area contributed by atoms with Crippen LogP contribution in [0.2, 0.25) is 0 Å². The van der Waals surface area contributed by atoms with Crippen molar-refractivity contribution < 1.29 is 14.3 Å². The largest absolute Gasteiger partial charge is 0.375 e. The molecule has 0 aromatic heterocycles. The third-order valence-electron chi connectivity index (χ3n) is 6.50. The number of amides is 2. The van der Waals surface area contributed by atoms with Crippen molar-refractivity contribution in [3.05, 3.63) is 70.8 Å². The van der Waals surface area contributed by atoms with Gasteiger partial charge in [0.05, 0.1) is 19.1 Å². The maximum absolute atomic E-state index is 13.1. The van der Waals surface area contributed by atoms with Crippen molar-refractivity contribution in [2.24, 2.45) is 0 Å². The third kappa shape index (κ3) is 5.37. The maximum Gasteiger partial charge on any atom is 0.251 e.